The Morgan fingerprint density at radius 1 is 1.60 bits per heavy atom. The average Bonchev–Trinajstić information content (AvgIpc) is 2.65. The number of rotatable bonds is 3. The van der Waals surface area contributed by atoms with Gasteiger partial charge >= 0.3 is 0 Å². The Hall–Kier alpha value is -1.69. The van der Waals surface area contributed by atoms with Crippen LogP contribution in [0, 0.1) is 6.92 Å². The van der Waals surface area contributed by atoms with Crippen LogP contribution >= 0.6 is 0 Å². The topological polar surface area (TPSA) is 81.1 Å². The minimum absolute atomic E-state index is 0.194. The maximum atomic E-state index is 5.55. The number of hydrogen-bond acceptors (Lipinski definition) is 5. The minimum Gasteiger partial charge on any atom is -0.366 e. The standard InChI is InChI=1S/C9H14N6/c1-6-3-8(13-7(2)4-10)15-9(14-6)11-5-12-15/h3,5,7,13H,4,10H2,1-2H3. The first kappa shape index (κ1) is 9.85. The quantitative estimate of drug-likeness (QED) is 0.749. The van der Waals surface area contributed by atoms with E-state index < -0.39 is 0 Å². The number of fused-ring (bicyclic) bond motifs is 1. The zero-order chi connectivity index (χ0) is 10.8. The van der Waals surface area contributed by atoms with Crippen molar-refractivity contribution in [3.63, 3.8) is 0 Å². The zero-order valence-electron chi connectivity index (χ0n) is 8.81. The van der Waals surface area contributed by atoms with Gasteiger partial charge in [-0.2, -0.15) is 14.6 Å². The Morgan fingerprint density at radius 3 is 3.13 bits per heavy atom. The highest BCUT2D eigenvalue weighted by Gasteiger charge is 2.07. The molecule has 2 rings (SSSR count). The van der Waals surface area contributed by atoms with E-state index in [1.165, 1.54) is 6.33 Å². The van der Waals surface area contributed by atoms with Crippen LogP contribution < -0.4 is 11.1 Å². The average molecular weight is 206 g/mol. The highest BCUT2D eigenvalue weighted by molar-refractivity contribution is 5.45. The molecular formula is C9H14N6. The molecular weight excluding hydrogens is 192 g/mol. The second-order valence-corrected chi connectivity index (χ2v) is 3.54. The molecule has 3 N–H and O–H groups in total. The summed E-state index contributed by atoms with van der Waals surface area (Å²) in [4.78, 5) is 8.29. The fraction of sp³-hybridized carbons (Fsp3) is 0.444. The van der Waals surface area contributed by atoms with Crippen molar-refractivity contribution in [2.45, 2.75) is 19.9 Å². The van der Waals surface area contributed by atoms with Crippen LogP contribution in [0.3, 0.4) is 0 Å². The van der Waals surface area contributed by atoms with E-state index in [-0.39, 0.29) is 6.04 Å². The van der Waals surface area contributed by atoms with Crippen molar-refractivity contribution >= 4 is 11.6 Å². The molecule has 0 fully saturated rings. The summed E-state index contributed by atoms with van der Waals surface area (Å²) in [7, 11) is 0. The van der Waals surface area contributed by atoms with Crippen LogP contribution in [-0.4, -0.2) is 32.2 Å². The van der Waals surface area contributed by atoms with Gasteiger partial charge in [-0.05, 0) is 13.8 Å². The van der Waals surface area contributed by atoms with Gasteiger partial charge in [0.2, 0.25) is 0 Å². The minimum atomic E-state index is 0.194. The first-order chi connectivity index (χ1) is 7.20. The van der Waals surface area contributed by atoms with E-state index >= 15 is 0 Å². The van der Waals surface area contributed by atoms with Crippen molar-refractivity contribution in [3.8, 4) is 0 Å². The lowest BCUT2D eigenvalue weighted by atomic mass is 10.3. The molecule has 0 aliphatic carbocycles. The summed E-state index contributed by atoms with van der Waals surface area (Å²) >= 11 is 0. The van der Waals surface area contributed by atoms with Crippen molar-refractivity contribution in [2.75, 3.05) is 11.9 Å². The molecule has 2 heterocycles. The maximum Gasteiger partial charge on any atom is 0.254 e. The number of nitrogens with one attached hydrogen (secondary N) is 1. The SMILES string of the molecule is Cc1cc(NC(C)CN)n2ncnc2n1. The largest absolute Gasteiger partial charge is 0.366 e. The predicted molar refractivity (Wildman–Crippen MR) is 57.7 cm³/mol. The Balaban J connectivity index is 2.44. The van der Waals surface area contributed by atoms with Crippen LogP contribution in [0.5, 0.6) is 0 Å². The smallest absolute Gasteiger partial charge is 0.254 e. The van der Waals surface area contributed by atoms with Crippen molar-refractivity contribution in [2.24, 2.45) is 5.73 Å². The van der Waals surface area contributed by atoms with Crippen molar-refractivity contribution in [3.05, 3.63) is 18.1 Å². The molecule has 0 aliphatic heterocycles. The third-order valence-corrected chi connectivity index (χ3v) is 2.13. The van der Waals surface area contributed by atoms with E-state index in [0.29, 0.717) is 12.3 Å². The van der Waals surface area contributed by atoms with Crippen molar-refractivity contribution < 1.29 is 0 Å². The van der Waals surface area contributed by atoms with Gasteiger partial charge in [0.25, 0.3) is 5.78 Å². The van der Waals surface area contributed by atoms with E-state index in [1.54, 1.807) is 4.52 Å². The summed E-state index contributed by atoms with van der Waals surface area (Å²) in [6.07, 6.45) is 1.49. The van der Waals surface area contributed by atoms with Gasteiger partial charge in [0.1, 0.15) is 12.1 Å². The molecule has 6 heteroatoms. The Bertz CT molecular complexity index is 463. The van der Waals surface area contributed by atoms with Gasteiger partial charge in [-0.15, -0.1) is 0 Å². The Labute approximate surface area is 87.5 Å². The number of aromatic nitrogens is 4. The van der Waals surface area contributed by atoms with Crippen LogP contribution in [0.4, 0.5) is 5.82 Å². The Kier molecular flexibility index (Phi) is 2.51. The maximum absolute atomic E-state index is 5.55. The van der Waals surface area contributed by atoms with E-state index in [0.717, 1.165) is 11.5 Å². The lowest BCUT2D eigenvalue weighted by Gasteiger charge is -2.13. The summed E-state index contributed by atoms with van der Waals surface area (Å²) < 4.78 is 1.67. The second-order valence-electron chi connectivity index (χ2n) is 3.54. The Morgan fingerprint density at radius 2 is 2.40 bits per heavy atom. The summed E-state index contributed by atoms with van der Waals surface area (Å²) in [5, 5.41) is 7.34. The van der Waals surface area contributed by atoms with Gasteiger partial charge in [0.05, 0.1) is 0 Å². The highest BCUT2D eigenvalue weighted by Crippen LogP contribution is 2.10. The number of anilines is 1. The zero-order valence-corrected chi connectivity index (χ0v) is 8.81. The van der Waals surface area contributed by atoms with Crippen LogP contribution in [0.25, 0.3) is 5.78 Å². The van der Waals surface area contributed by atoms with Gasteiger partial charge in [0.15, 0.2) is 0 Å². The molecule has 80 valence electrons. The predicted octanol–water partition coefficient (Wildman–Crippen LogP) is 0.192. The van der Waals surface area contributed by atoms with Gasteiger partial charge in [-0.3, -0.25) is 0 Å². The summed E-state index contributed by atoms with van der Waals surface area (Å²) in [5.74, 6) is 1.47. The van der Waals surface area contributed by atoms with Crippen LogP contribution in [0.2, 0.25) is 0 Å². The first-order valence-corrected chi connectivity index (χ1v) is 4.84. The molecule has 0 amide bonds. The van der Waals surface area contributed by atoms with Gasteiger partial charge in [-0.25, -0.2) is 4.98 Å². The van der Waals surface area contributed by atoms with Crippen LogP contribution in [0.1, 0.15) is 12.6 Å². The molecule has 0 radical (unpaired) electrons. The monoisotopic (exact) mass is 206 g/mol. The van der Waals surface area contributed by atoms with E-state index in [4.69, 9.17) is 5.73 Å². The molecule has 0 saturated heterocycles. The number of nitrogens with two attached hydrogens (primary N) is 1. The molecule has 0 aromatic carbocycles. The molecule has 0 spiro atoms. The number of nitrogens with zero attached hydrogens (tertiary/aromatic N) is 4. The first-order valence-electron chi connectivity index (χ1n) is 4.84. The van der Waals surface area contributed by atoms with Gasteiger partial charge in [-0.1, -0.05) is 0 Å². The normalized spacial score (nSPS) is 13.0. The molecule has 0 bridgehead atoms. The summed E-state index contributed by atoms with van der Waals surface area (Å²) in [6.45, 7) is 4.50. The highest BCUT2D eigenvalue weighted by atomic mass is 15.4. The lowest BCUT2D eigenvalue weighted by Crippen LogP contribution is -2.26. The van der Waals surface area contributed by atoms with Gasteiger partial charge in [0, 0.05) is 24.3 Å². The fourth-order valence-electron chi connectivity index (χ4n) is 1.34. The lowest BCUT2D eigenvalue weighted by molar-refractivity contribution is 0.782. The van der Waals surface area contributed by atoms with E-state index in [2.05, 4.69) is 20.4 Å². The molecule has 1 unspecified atom stereocenters. The number of hydrogen-bond donors (Lipinski definition) is 2. The molecule has 15 heavy (non-hydrogen) atoms. The van der Waals surface area contributed by atoms with E-state index in [9.17, 15) is 0 Å². The summed E-state index contributed by atoms with van der Waals surface area (Å²) in [6, 6.07) is 2.12. The van der Waals surface area contributed by atoms with Crippen molar-refractivity contribution in [1.29, 1.82) is 0 Å². The second kappa shape index (κ2) is 3.82. The molecule has 2 aromatic rings. The van der Waals surface area contributed by atoms with Gasteiger partial charge < -0.3 is 11.1 Å². The fourth-order valence-corrected chi connectivity index (χ4v) is 1.34. The van der Waals surface area contributed by atoms with Crippen LogP contribution in [-0.2, 0) is 0 Å². The molecule has 6 nitrogen and oxygen atoms in total. The molecule has 1 atom stereocenters. The molecule has 0 saturated carbocycles. The molecule has 2 aromatic heterocycles. The van der Waals surface area contributed by atoms with E-state index in [1.807, 2.05) is 19.9 Å². The van der Waals surface area contributed by atoms with Crippen molar-refractivity contribution in [1.82, 2.24) is 19.6 Å². The third-order valence-electron chi connectivity index (χ3n) is 2.13. The van der Waals surface area contributed by atoms with Crippen LogP contribution in [0.15, 0.2) is 12.4 Å². The molecule has 0 aliphatic rings. The summed E-state index contributed by atoms with van der Waals surface area (Å²) in [5.41, 5.74) is 6.46. The number of aryl methyl sites for hydroxylation is 1. The third kappa shape index (κ3) is 1.89.